The molecule has 0 aliphatic rings. The molecule has 0 amide bonds. The quantitative estimate of drug-likeness (QED) is 0.779. The molecule has 0 saturated carbocycles. The molecule has 0 saturated heterocycles. The molecule has 3 nitrogen and oxygen atoms in total. The van der Waals surface area contributed by atoms with E-state index >= 15 is 0 Å². The Kier molecular flexibility index (Phi) is 4.19. The number of carbonyl (C=O) groups excluding carboxylic acids is 1. The number of rotatable bonds is 4. The summed E-state index contributed by atoms with van der Waals surface area (Å²) >= 11 is 12.2. The number of anilines is 1. The van der Waals surface area contributed by atoms with Crippen molar-refractivity contribution < 1.29 is 4.79 Å². The Morgan fingerprint density at radius 3 is 2.94 bits per heavy atom. The number of thiazole rings is 1. The van der Waals surface area contributed by atoms with E-state index in [9.17, 15) is 4.79 Å². The molecule has 2 aromatic rings. The van der Waals surface area contributed by atoms with E-state index in [0.29, 0.717) is 4.88 Å². The van der Waals surface area contributed by atoms with E-state index in [2.05, 4.69) is 27.0 Å². The molecule has 17 heavy (non-hydrogen) atoms. The van der Waals surface area contributed by atoms with Gasteiger partial charge in [-0.2, -0.15) is 0 Å². The number of halogens is 2. The standard InChI is InChI=1S/C10H8BrClN2OS2/c1-14(3-7-2-6(11)5-16-7)10-13-9(12)8(4-15)17-10/h2,4-5H,3H2,1H3. The van der Waals surface area contributed by atoms with Gasteiger partial charge in [-0.05, 0) is 22.0 Å². The van der Waals surface area contributed by atoms with Gasteiger partial charge in [-0.1, -0.05) is 22.9 Å². The Morgan fingerprint density at radius 1 is 1.65 bits per heavy atom. The second kappa shape index (κ2) is 5.48. The van der Waals surface area contributed by atoms with Crippen LogP contribution in [0.2, 0.25) is 5.15 Å². The van der Waals surface area contributed by atoms with Crippen LogP contribution in [0.15, 0.2) is 15.9 Å². The summed E-state index contributed by atoms with van der Waals surface area (Å²) in [6.45, 7) is 0.748. The zero-order chi connectivity index (χ0) is 12.4. The van der Waals surface area contributed by atoms with Crippen molar-refractivity contribution in [3.63, 3.8) is 0 Å². The molecule has 90 valence electrons. The summed E-state index contributed by atoms with van der Waals surface area (Å²) < 4.78 is 1.08. The third-order valence-corrected chi connectivity index (χ3v) is 5.22. The molecule has 0 N–H and O–H groups in total. The van der Waals surface area contributed by atoms with Crippen LogP contribution in [0, 0.1) is 0 Å². The van der Waals surface area contributed by atoms with Crippen LogP contribution in [0.25, 0.3) is 0 Å². The SMILES string of the molecule is CN(Cc1cc(Br)cs1)c1nc(Cl)c(C=O)s1. The lowest BCUT2D eigenvalue weighted by atomic mass is 10.4. The van der Waals surface area contributed by atoms with Crippen LogP contribution >= 0.6 is 50.2 Å². The summed E-state index contributed by atoms with van der Waals surface area (Å²) in [5.41, 5.74) is 0. The van der Waals surface area contributed by atoms with E-state index in [-0.39, 0.29) is 5.15 Å². The summed E-state index contributed by atoms with van der Waals surface area (Å²) in [6, 6.07) is 2.07. The topological polar surface area (TPSA) is 33.2 Å². The third-order valence-electron chi connectivity index (χ3n) is 2.05. The molecule has 0 aliphatic heterocycles. The van der Waals surface area contributed by atoms with E-state index in [1.165, 1.54) is 16.2 Å². The highest BCUT2D eigenvalue weighted by atomic mass is 79.9. The Hall–Kier alpha value is -0.430. The zero-order valence-electron chi connectivity index (χ0n) is 8.81. The fourth-order valence-corrected chi connectivity index (χ4v) is 3.80. The number of aromatic nitrogens is 1. The van der Waals surface area contributed by atoms with Gasteiger partial charge in [0.05, 0.1) is 6.54 Å². The molecule has 0 fully saturated rings. The second-order valence-corrected chi connectivity index (χ2v) is 6.64. The number of hydrogen-bond acceptors (Lipinski definition) is 5. The van der Waals surface area contributed by atoms with Crippen molar-refractivity contribution in [3.05, 3.63) is 30.8 Å². The van der Waals surface area contributed by atoms with Crippen molar-refractivity contribution in [3.8, 4) is 0 Å². The van der Waals surface area contributed by atoms with Gasteiger partial charge in [0, 0.05) is 21.8 Å². The first-order chi connectivity index (χ1) is 8.10. The Balaban J connectivity index is 2.13. The molecule has 7 heteroatoms. The van der Waals surface area contributed by atoms with E-state index in [1.807, 2.05) is 17.3 Å². The maximum atomic E-state index is 10.7. The highest BCUT2D eigenvalue weighted by Gasteiger charge is 2.12. The average Bonchev–Trinajstić information content (AvgIpc) is 2.85. The lowest BCUT2D eigenvalue weighted by Crippen LogP contribution is -2.15. The van der Waals surface area contributed by atoms with Gasteiger partial charge in [-0.3, -0.25) is 4.79 Å². The molecule has 0 spiro atoms. The van der Waals surface area contributed by atoms with Gasteiger partial charge in [0.25, 0.3) is 0 Å². The van der Waals surface area contributed by atoms with Crippen molar-refractivity contribution in [1.82, 2.24) is 4.98 Å². The predicted octanol–water partition coefficient (Wildman–Crippen LogP) is 4.07. The molecule has 0 aliphatic carbocycles. The fourth-order valence-electron chi connectivity index (χ4n) is 1.28. The van der Waals surface area contributed by atoms with Gasteiger partial charge < -0.3 is 4.90 Å². The normalized spacial score (nSPS) is 10.5. The molecule has 0 unspecified atom stereocenters. The van der Waals surface area contributed by atoms with Crippen LogP contribution in [0.5, 0.6) is 0 Å². The smallest absolute Gasteiger partial charge is 0.187 e. The highest BCUT2D eigenvalue weighted by molar-refractivity contribution is 9.10. The van der Waals surface area contributed by atoms with Crippen molar-refractivity contribution >= 4 is 61.6 Å². The second-order valence-electron chi connectivity index (χ2n) is 3.36. The summed E-state index contributed by atoms with van der Waals surface area (Å²) in [5.74, 6) is 0. The van der Waals surface area contributed by atoms with Crippen LogP contribution in [0.3, 0.4) is 0 Å². The highest BCUT2D eigenvalue weighted by Crippen LogP contribution is 2.29. The summed E-state index contributed by atoms with van der Waals surface area (Å²) in [4.78, 5) is 18.5. The number of carbonyl (C=O) groups is 1. The third kappa shape index (κ3) is 3.07. The first kappa shape index (κ1) is 13.0. The molecular weight excluding hydrogens is 344 g/mol. The lowest BCUT2D eigenvalue weighted by Gasteiger charge is -2.13. The number of nitrogens with zero attached hydrogens (tertiary/aromatic N) is 2. The predicted molar refractivity (Wildman–Crippen MR) is 76.6 cm³/mol. The first-order valence-corrected chi connectivity index (χ1v) is 7.52. The monoisotopic (exact) mass is 350 g/mol. The maximum absolute atomic E-state index is 10.7. The van der Waals surface area contributed by atoms with Gasteiger partial charge in [-0.25, -0.2) is 4.98 Å². The summed E-state index contributed by atoms with van der Waals surface area (Å²) in [5, 5.41) is 3.07. The zero-order valence-corrected chi connectivity index (χ0v) is 12.8. The first-order valence-electron chi connectivity index (χ1n) is 4.65. The minimum atomic E-state index is 0.277. The molecule has 2 rings (SSSR count). The largest absolute Gasteiger partial charge is 0.346 e. The lowest BCUT2D eigenvalue weighted by molar-refractivity contribution is 0.112. The molecule has 0 atom stereocenters. The Morgan fingerprint density at radius 2 is 2.41 bits per heavy atom. The molecular formula is C10H8BrClN2OS2. The molecule has 2 aromatic heterocycles. The van der Waals surface area contributed by atoms with Crippen LogP contribution in [-0.2, 0) is 6.54 Å². The molecule has 0 radical (unpaired) electrons. The molecule has 0 bridgehead atoms. The van der Waals surface area contributed by atoms with Crippen LogP contribution in [0.1, 0.15) is 14.5 Å². The van der Waals surface area contributed by atoms with Crippen molar-refractivity contribution in [2.75, 3.05) is 11.9 Å². The van der Waals surface area contributed by atoms with Gasteiger partial charge in [0.2, 0.25) is 0 Å². The Bertz CT molecular complexity index is 540. The van der Waals surface area contributed by atoms with E-state index in [4.69, 9.17) is 11.6 Å². The van der Waals surface area contributed by atoms with E-state index in [0.717, 1.165) is 22.4 Å². The van der Waals surface area contributed by atoms with Crippen LogP contribution in [0.4, 0.5) is 5.13 Å². The van der Waals surface area contributed by atoms with Crippen LogP contribution in [-0.4, -0.2) is 18.3 Å². The fraction of sp³-hybridized carbons (Fsp3) is 0.200. The van der Waals surface area contributed by atoms with Gasteiger partial charge in [0.1, 0.15) is 4.88 Å². The van der Waals surface area contributed by atoms with Crippen molar-refractivity contribution in [2.45, 2.75) is 6.54 Å². The minimum Gasteiger partial charge on any atom is -0.346 e. The Labute approximate surface area is 120 Å². The average molecular weight is 352 g/mol. The molecule has 2 heterocycles. The van der Waals surface area contributed by atoms with Gasteiger partial charge >= 0.3 is 0 Å². The molecule has 0 aromatic carbocycles. The number of hydrogen-bond donors (Lipinski definition) is 0. The summed E-state index contributed by atoms with van der Waals surface area (Å²) in [6.07, 6.45) is 0.735. The van der Waals surface area contributed by atoms with Crippen molar-refractivity contribution in [1.29, 1.82) is 0 Å². The van der Waals surface area contributed by atoms with Gasteiger partial charge in [-0.15, -0.1) is 11.3 Å². The van der Waals surface area contributed by atoms with E-state index < -0.39 is 0 Å². The van der Waals surface area contributed by atoms with Gasteiger partial charge in [0.15, 0.2) is 16.6 Å². The van der Waals surface area contributed by atoms with Crippen LogP contribution < -0.4 is 4.90 Å². The van der Waals surface area contributed by atoms with E-state index in [1.54, 1.807) is 11.3 Å². The maximum Gasteiger partial charge on any atom is 0.187 e. The number of thiophene rings is 1. The van der Waals surface area contributed by atoms with Crippen molar-refractivity contribution in [2.24, 2.45) is 0 Å². The summed E-state index contributed by atoms with van der Waals surface area (Å²) in [7, 11) is 1.93. The minimum absolute atomic E-state index is 0.277. The number of aldehydes is 1.